The fraction of sp³-hybridized carbons (Fsp3) is 0.909. The van der Waals surface area contributed by atoms with Crippen LogP contribution >= 0.6 is 0 Å². The van der Waals surface area contributed by atoms with Crippen LogP contribution in [0.4, 0.5) is 0 Å². The standard InChI is InChI=1S/C11H19N3O/c1-9-7-14(4-5-15-9)8-11(6-12)13-10-2-3-10/h9-11,13H,2-5,7-8H2,1H3. The molecule has 2 fully saturated rings. The molecule has 15 heavy (non-hydrogen) atoms. The van der Waals surface area contributed by atoms with Gasteiger partial charge in [0.2, 0.25) is 0 Å². The van der Waals surface area contributed by atoms with Crippen LogP contribution in [0.2, 0.25) is 0 Å². The van der Waals surface area contributed by atoms with Crippen molar-refractivity contribution >= 4 is 0 Å². The molecule has 1 heterocycles. The summed E-state index contributed by atoms with van der Waals surface area (Å²) in [5, 5.41) is 12.4. The first kappa shape index (κ1) is 10.9. The highest BCUT2D eigenvalue weighted by Gasteiger charge is 2.26. The normalized spacial score (nSPS) is 29.7. The third-order valence-electron chi connectivity index (χ3n) is 2.94. The van der Waals surface area contributed by atoms with Crippen LogP contribution in [0.25, 0.3) is 0 Å². The van der Waals surface area contributed by atoms with E-state index in [-0.39, 0.29) is 6.04 Å². The summed E-state index contributed by atoms with van der Waals surface area (Å²) >= 11 is 0. The molecule has 2 unspecified atom stereocenters. The Bertz CT molecular complexity index is 247. The molecule has 0 spiro atoms. The van der Waals surface area contributed by atoms with Gasteiger partial charge in [0.25, 0.3) is 0 Å². The van der Waals surface area contributed by atoms with Crippen LogP contribution in [-0.4, -0.2) is 49.3 Å². The van der Waals surface area contributed by atoms with Crippen LogP contribution in [0.15, 0.2) is 0 Å². The third kappa shape index (κ3) is 3.45. The highest BCUT2D eigenvalue weighted by atomic mass is 16.5. The summed E-state index contributed by atoms with van der Waals surface area (Å²) in [6, 6.07) is 2.94. The smallest absolute Gasteiger partial charge is 0.108 e. The maximum absolute atomic E-state index is 9.03. The Kier molecular flexibility index (Phi) is 3.57. The number of rotatable bonds is 4. The molecule has 4 heteroatoms. The second kappa shape index (κ2) is 4.93. The molecule has 0 aromatic carbocycles. The van der Waals surface area contributed by atoms with Gasteiger partial charge in [-0.15, -0.1) is 0 Å². The molecule has 2 rings (SSSR count). The van der Waals surface area contributed by atoms with Crippen molar-refractivity contribution < 1.29 is 4.74 Å². The summed E-state index contributed by atoms with van der Waals surface area (Å²) < 4.78 is 5.47. The topological polar surface area (TPSA) is 48.3 Å². The molecule has 1 N–H and O–H groups in total. The van der Waals surface area contributed by atoms with Gasteiger partial charge in [-0.2, -0.15) is 5.26 Å². The predicted molar refractivity (Wildman–Crippen MR) is 57.4 cm³/mol. The Hall–Kier alpha value is -0.630. The van der Waals surface area contributed by atoms with Crippen molar-refractivity contribution in [2.45, 2.75) is 38.0 Å². The third-order valence-corrected chi connectivity index (χ3v) is 2.94. The van der Waals surface area contributed by atoms with E-state index < -0.39 is 0 Å². The molecule has 1 aliphatic carbocycles. The van der Waals surface area contributed by atoms with Gasteiger partial charge in [0.1, 0.15) is 6.04 Å². The van der Waals surface area contributed by atoms with Crippen molar-refractivity contribution in [3.8, 4) is 6.07 Å². The van der Waals surface area contributed by atoms with Crippen molar-refractivity contribution in [2.24, 2.45) is 0 Å². The van der Waals surface area contributed by atoms with Gasteiger partial charge in [-0.05, 0) is 19.8 Å². The van der Waals surface area contributed by atoms with E-state index in [1.54, 1.807) is 0 Å². The van der Waals surface area contributed by atoms with E-state index in [1.807, 2.05) is 0 Å². The monoisotopic (exact) mass is 209 g/mol. The summed E-state index contributed by atoms with van der Waals surface area (Å²) in [5.41, 5.74) is 0. The highest BCUT2D eigenvalue weighted by molar-refractivity contribution is 4.97. The number of hydrogen-bond donors (Lipinski definition) is 1. The van der Waals surface area contributed by atoms with Crippen LogP contribution in [0, 0.1) is 11.3 Å². The maximum Gasteiger partial charge on any atom is 0.108 e. The molecular weight excluding hydrogens is 190 g/mol. The van der Waals surface area contributed by atoms with E-state index in [2.05, 4.69) is 23.2 Å². The molecule has 4 nitrogen and oxygen atoms in total. The fourth-order valence-electron chi connectivity index (χ4n) is 1.98. The number of nitrogens with zero attached hydrogens (tertiary/aromatic N) is 2. The summed E-state index contributed by atoms with van der Waals surface area (Å²) in [4.78, 5) is 2.32. The van der Waals surface area contributed by atoms with E-state index in [0.717, 1.165) is 26.2 Å². The van der Waals surface area contributed by atoms with Crippen LogP contribution in [0.1, 0.15) is 19.8 Å². The van der Waals surface area contributed by atoms with Gasteiger partial charge in [-0.1, -0.05) is 0 Å². The zero-order chi connectivity index (χ0) is 10.7. The van der Waals surface area contributed by atoms with Crippen LogP contribution in [0.3, 0.4) is 0 Å². The summed E-state index contributed by atoms with van der Waals surface area (Å²) in [6.45, 7) is 5.62. The molecule has 0 aromatic heterocycles. The van der Waals surface area contributed by atoms with Crippen molar-refractivity contribution in [1.82, 2.24) is 10.2 Å². The molecule has 2 aliphatic rings. The predicted octanol–water partition coefficient (Wildman–Crippen LogP) is 0.351. The highest BCUT2D eigenvalue weighted by Crippen LogP contribution is 2.19. The van der Waals surface area contributed by atoms with Crippen LogP contribution < -0.4 is 5.32 Å². The first-order valence-corrected chi connectivity index (χ1v) is 5.77. The average Bonchev–Trinajstić information content (AvgIpc) is 3.01. The van der Waals surface area contributed by atoms with Gasteiger partial charge < -0.3 is 4.74 Å². The van der Waals surface area contributed by atoms with E-state index in [4.69, 9.17) is 10.00 Å². The zero-order valence-corrected chi connectivity index (χ0v) is 9.28. The minimum absolute atomic E-state index is 0.0113. The van der Waals surface area contributed by atoms with Gasteiger partial charge in [0, 0.05) is 25.7 Å². The molecular formula is C11H19N3O. The van der Waals surface area contributed by atoms with Gasteiger partial charge in [-0.3, -0.25) is 10.2 Å². The van der Waals surface area contributed by atoms with E-state index in [1.165, 1.54) is 12.8 Å². The van der Waals surface area contributed by atoms with Gasteiger partial charge in [0.05, 0.1) is 18.8 Å². The van der Waals surface area contributed by atoms with Crippen molar-refractivity contribution in [3.63, 3.8) is 0 Å². The summed E-state index contributed by atoms with van der Waals surface area (Å²) in [6.07, 6.45) is 2.77. The SMILES string of the molecule is CC1CN(CC(C#N)NC2CC2)CCO1. The van der Waals surface area contributed by atoms with Crippen molar-refractivity contribution in [2.75, 3.05) is 26.2 Å². The Labute approximate surface area is 91.2 Å². The molecule has 0 amide bonds. The quantitative estimate of drug-likeness (QED) is 0.726. The summed E-state index contributed by atoms with van der Waals surface area (Å²) in [7, 11) is 0. The number of hydrogen-bond acceptors (Lipinski definition) is 4. The lowest BCUT2D eigenvalue weighted by molar-refractivity contribution is -0.0194. The minimum atomic E-state index is -0.0113. The lowest BCUT2D eigenvalue weighted by Gasteiger charge is -2.32. The first-order valence-electron chi connectivity index (χ1n) is 5.77. The molecule has 0 aromatic rings. The fourth-order valence-corrected chi connectivity index (χ4v) is 1.98. The number of morpholine rings is 1. The average molecular weight is 209 g/mol. The van der Waals surface area contributed by atoms with Gasteiger partial charge in [-0.25, -0.2) is 0 Å². The molecule has 1 saturated heterocycles. The molecule has 0 bridgehead atoms. The van der Waals surface area contributed by atoms with Gasteiger partial charge in [0.15, 0.2) is 0 Å². The lowest BCUT2D eigenvalue weighted by atomic mass is 10.2. The zero-order valence-electron chi connectivity index (χ0n) is 9.28. The van der Waals surface area contributed by atoms with Gasteiger partial charge >= 0.3 is 0 Å². The second-order valence-electron chi connectivity index (χ2n) is 4.56. The molecule has 84 valence electrons. The number of nitrogens with one attached hydrogen (secondary N) is 1. The van der Waals surface area contributed by atoms with Crippen molar-refractivity contribution in [1.29, 1.82) is 5.26 Å². The number of ether oxygens (including phenoxy) is 1. The molecule has 0 radical (unpaired) electrons. The summed E-state index contributed by atoms with van der Waals surface area (Å²) in [5.74, 6) is 0. The maximum atomic E-state index is 9.03. The van der Waals surface area contributed by atoms with E-state index in [9.17, 15) is 0 Å². The Morgan fingerprint density at radius 3 is 3.00 bits per heavy atom. The van der Waals surface area contributed by atoms with E-state index >= 15 is 0 Å². The molecule has 1 saturated carbocycles. The Morgan fingerprint density at radius 1 is 1.60 bits per heavy atom. The second-order valence-corrected chi connectivity index (χ2v) is 4.56. The first-order chi connectivity index (χ1) is 7.28. The Morgan fingerprint density at radius 2 is 2.40 bits per heavy atom. The lowest BCUT2D eigenvalue weighted by Crippen LogP contribution is -2.47. The minimum Gasteiger partial charge on any atom is -0.376 e. The van der Waals surface area contributed by atoms with Crippen LogP contribution in [0.5, 0.6) is 0 Å². The van der Waals surface area contributed by atoms with Crippen LogP contribution in [-0.2, 0) is 4.74 Å². The molecule has 2 atom stereocenters. The largest absolute Gasteiger partial charge is 0.376 e. The van der Waals surface area contributed by atoms with E-state index in [0.29, 0.717) is 12.1 Å². The number of nitriles is 1. The Balaban J connectivity index is 1.75. The molecule has 1 aliphatic heterocycles. The van der Waals surface area contributed by atoms with Crippen molar-refractivity contribution in [3.05, 3.63) is 0 Å².